The van der Waals surface area contributed by atoms with Crippen molar-refractivity contribution in [2.75, 3.05) is 19.7 Å². The Hall–Kier alpha value is -1.29. The lowest BCUT2D eigenvalue weighted by atomic mass is 10.00. The number of aromatic nitrogens is 1. The number of nitrogens with zero attached hydrogens (tertiary/aromatic N) is 2. The molecule has 0 saturated carbocycles. The summed E-state index contributed by atoms with van der Waals surface area (Å²) in [6.07, 6.45) is 0. The molecule has 1 aliphatic rings. The standard InChI is InChI=1S/C15H24N2O2/c1-5-17-11(3)6-14(12(17)4)15(19)16-7-10(2)13(8-16)9-18/h6,10,13,18H,5,7-9H2,1-4H3/t10-,13+/m1/s1. The third-order valence-corrected chi connectivity index (χ3v) is 4.41. The van der Waals surface area contributed by atoms with E-state index in [0.717, 1.165) is 30.0 Å². The summed E-state index contributed by atoms with van der Waals surface area (Å²) in [5.41, 5.74) is 2.99. The van der Waals surface area contributed by atoms with E-state index >= 15 is 0 Å². The molecular formula is C15H24N2O2. The Balaban J connectivity index is 2.22. The van der Waals surface area contributed by atoms with Crippen LogP contribution in [0.4, 0.5) is 0 Å². The van der Waals surface area contributed by atoms with Gasteiger partial charge in [0.05, 0.1) is 5.56 Å². The summed E-state index contributed by atoms with van der Waals surface area (Å²) in [4.78, 5) is 14.5. The number of rotatable bonds is 3. The van der Waals surface area contributed by atoms with Crippen molar-refractivity contribution in [3.8, 4) is 0 Å². The number of aliphatic hydroxyl groups is 1. The fraction of sp³-hybridized carbons (Fsp3) is 0.667. The smallest absolute Gasteiger partial charge is 0.255 e. The first-order chi connectivity index (χ1) is 8.99. The molecule has 2 rings (SSSR count). The van der Waals surface area contributed by atoms with Gasteiger partial charge in [-0.2, -0.15) is 0 Å². The van der Waals surface area contributed by atoms with Crippen molar-refractivity contribution < 1.29 is 9.90 Å². The highest BCUT2D eigenvalue weighted by Crippen LogP contribution is 2.25. The molecule has 19 heavy (non-hydrogen) atoms. The minimum Gasteiger partial charge on any atom is -0.396 e. The fourth-order valence-electron chi connectivity index (χ4n) is 3.11. The molecule has 1 aromatic heterocycles. The van der Waals surface area contributed by atoms with Gasteiger partial charge in [0.25, 0.3) is 5.91 Å². The van der Waals surface area contributed by atoms with Gasteiger partial charge in [-0.25, -0.2) is 0 Å². The van der Waals surface area contributed by atoms with E-state index in [1.165, 1.54) is 0 Å². The second-order valence-electron chi connectivity index (χ2n) is 5.66. The van der Waals surface area contributed by atoms with Crippen molar-refractivity contribution in [3.05, 3.63) is 23.0 Å². The van der Waals surface area contributed by atoms with Crippen molar-refractivity contribution in [1.29, 1.82) is 0 Å². The van der Waals surface area contributed by atoms with Crippen LogP contribution in [-0.2, 0) is 6.54 Å². The summed E-state index contributed by atoms with van der Waals surface area (Å²) in [5.74, 6) is 0.706. The average molecular weight is 264 g/mol. The third-order valence-electron chi connectivity index (χ3n) is 4.41. The van der Waals surface area contributed by atoms with E-state index in [9.17, 15) is 9.90 Å². The molecule has 2 heterocycles. The predicted molar refractivity (Wildman–Crippen MR) is 75.2 cm³/mol. The SMILES string of the molecule is CCn1c(C)cc(C(=O)N2C[C@@H](CO)[C@H](C)C2)c1C. The Morgan fingerprint density at radius 2 is 2.11 bits per heavy atom. The van der Waals surface area contributed by atoms with E-state index < -0.39 is 0 Å². The quantitative estimate of drug-likeness (QED) is 0.905. The van der Waals surface area contributed by atoms with Crippen molar-refractivity contribution in [2.45, 2.75) is 34.2 Å². The van der Waals surface area contributed by atoms with Gasteiger partial charge in [0.1, 0.15) is 0 Å². The van der Waals surface area contributed by atoms with Gasteiger partial charge < -0.3 is 14.6 Å². The van der Waals surface area contributed by atoms with Crippen LogP contribution in [0.25, 0.3) is 0 Å². The number of likely N-dealkylation sites (tertiary alicyclic amines) is 1. The van der Waals surface area contributed by atoms with Gasteiger partial charge in [-0.1, -0.05) is 6.92 Å². The van der Waals surface area contributed by atoms with E-state index in [1.54, 1.807) is 0 Å². The molecule has 0 spiro atoms. The molecule has 2 atom stereocenters. The molecule has 1 N–H and O–H groups in total. The van der Waals surface area contributed by atoms with Gasteiger partial charge in [0.15, 0.2) is 0 Å². The molecular weight excluding hydrogens is 240 g/mol. The van der Waals surface area contributed by atoms with Crippen molar-refractivity contribution in [1.82, 2.24) is 9.47 Å². The summed E-state index contributed by atoms with van der Waals surface area (Å²) < 4.78 is 2.16. The first-order valence-corrected chi connectivity index (χ1v) is 7.06. The molecule has 4 nitrogen and oxygen atoms in total. The summed E-state index contributed by atoms with van der Waals surface area (Å²) in [5, 5.41) is 9.31. The lowest BCUT2D eigenvalue weighted by Crippen LogP contribution is -2.29. The van der Waals surface area contributed by atoms with E-state index in [-0.39, 0.29) is 18.4 Å². The van der Waals surface area contributed by atoms with E-state index in [0.29, 0.717) is 12.5 Å². The maximum atomic E-state index is 12.6. The Morgan fingerprint density at radius 3 is 2.58 bits per heavy atom. The molecule has 0 radical (unpaired) electrons. The van der Waals surface area contributed by atoms with Gasteiger partial charge in [-0.3, -0.25) is 4.79 Å². The van der Waals surface area contributed by atoms with E-state index in [2.05, 4.69) is 18.4 Å². The Kier molecular flexibility index (Phi) is 3.99. The molecule has 0 aliphatic carbocycles. The number of amides is 1. The third kappa shape index (κ3) is 2.41. The Morgan fingerprint density at radius 1 is 1.42 bits per heavy atom. The maximum absolute atomic E-state index is 12.6. The van der Waals surface area contributed by atoms with Gasteiger partial charge >= 0.3 is 0 Å². The number of aryl methyl sites for hydroxylation is 1. The molecule has 1 aromatic rings. The highest BCUT2D eigenvalue weighted by Gasteiger charge is 2.33. The number of carbonyl (C=O) groups excluding carboxylic acids is 1. The van der Waals surface area contributed by atoms with Crippen LogP contribution in [0, 0.1) is 25.7 Å². The normalized spacial score (nSPS) is 23.1. The van der Waals surface area contributed by atoms with Crippen LogP contribution < -0.4 is 0 Å². The zero-order valence-electron chi connectivity index (χ0n) is 12.3. The molecule has 0 bridgehead atoms. The number of hydrogen-bond donors (Lipinski definition) is 1. The molecule has 0 aromatic carbocycles. The summed E-state index contributed by atoms with van der Waals surface area (Å²) in [7, 11) is 0. The molecule has 1 aliphatic heterocycles. The van der Waals surface area contributed by atoms with Gasteiger partial charge in [0, 0.05) is 43.5 Å². The highest BCUT2D eigenvalue weighted by molar-refractivity contribution is 5.96. The van der Waals surface area contributed by atoms with Crippen LogP contribution in [0.3, 0.4) is 0 Å². The lowest BCUT2D eigenvalue weighted by Gasteiger charge is -2.16. The first-order valence-electron chi connectivity index (χ1n) is 7.06. The second-order valence-corrected chi connectivity index (χ2v) is 5.66. The van der Waals surface area contributed by atoms with Gasteiger partial charge in [-0.05, 0) is 32.8 Å². The molecule has 1 fully saturated rings. The van der Waals surface area contributed by atoms with Crippen LogP contribution in [0.5, 0.6) is 0 Å². The van der Waals surface area contributed by atoms with Gasteiger partial charge in [-0.15, -0.1) is 0 Å². The number of aliphatic hydroxyl groups excluding tert-OH is 1. The van der Waals surface area contributed by atoms with Crippen molar-refractivity contribution in [2.24, 2.45) is 11.8 Å². The molecule has 1 amide bonds. The van der Waals surface area contributed by atoms with E-state index in [1.807, 2.05) is 24.8 Å². The van der Waals surface area contributed by atoms with Crippen LogP contribution in [-0.4, -0.2) is 40.2 Å². The topological polar surface area (TPSA) is 45.5 Å². The maximum Gasteiger partial charge on any atom is 0.255 e. The fourth-order valence-corrected chi connectivity index (χ4v) is 3.11. The monoisotopic (exact) mass is 264 g/mol. The first kappa shape index (κ1) is 14.1. The Labute approximate surface area is 115 Å². The van der Waals surface area contributed by atoms with Crippen LogP contribution in [0.2, 0.25) is 0 Å². The zero-order chi connectivity index (χ0) is 14.2. The predicted octanol–water partition coefficient (Wildman–Crippen LogP) is 1.83. The minimum atomic E-state index is 0.107. The number of carbonyl (C=O) groups is 1. The average Bonchev–Trinajstić information content (AvgIpc) is 2.89. The van der Waals surface area contributed by atoms with Crippen LogP contribution in [0.1, 0.15) is 35.6 Å². The van der Waals surface area contributed by atoms with Crippen molar-refractivity contribution in [3.63, 3.8) is 0 Å². The highest BCUT2D eigenvalue weighted by atomic mass is 16.3. The van der Waals surface area contributed by atoms with Crippen LogP contribution in [0.15, 0.2) is 6.07 Å². The summed E-state index contributed by atoms with van der Waals surface area (Å²) in [6.45, 7) is 10.7. The molecule has 1 saturated heterocycles. The molecule has 0 unspecified atom stereocenters. The largest absolute Gasteiger partial charge is 0.396 e. The summed E-state index contributed by atoms with van der Waals surface area (Å²) in [6, 6.07) is 1.98. The van der Waals surface area contributed by atoms with Gasteiger partial charge in [0.2, 0.25) is 0 Å². The minimum absolute atomic E-state index is 0.107. The van der Waals surface area contributed by atoms with E-state index in [4.69, 9.17) is 0 Å². The molecule has 4 heteroatoms. The molecule has 106 valence electrons. The van der Waals surface area contributed by atoms with Crippen LogP contribution >= 0.6 is 0 Å². The summed E-state index contributed by atoms with van der Waals surface area (Å²) >= 11 is 0. The number of hydrogen-bond acceptors (Lipinski definition) is 2. The Bertz CT molecular complexity index is 479. The second kappa shape index (κ2) is 5.37. The van der Waals surface area contributed by atoms with Crippen molar-refractivity contribution >= 4 is 5.91 Å². The zero-order valence-corrected chi connectivity index (χ0v) is 12.3. The lowest BCUT2D eigenvalue weighted by molar-refractivity contribution is 0.0779.